The van der Waals surface area contributed by atoms with Crippen molar-refractivity contribution in [1.29, 1.82) is 0 Å². The van der Waals surface area contributed by atoms with Crippen molar-refractivity contribution in [3.63, 3.8) is 0 Å². The molecule has 1 N–H and O–H groups in total. The summed E-state index contributed by atoms with van der Waals surface area (Å²) in [4.78, 5) is 15.9. The first-order chi connectivity index (χ1) is 8.31. The molecule has 1 atom stereocenters. The summed E-state index contributed by atoms with van der Waals surface area (Å²) < 4.78 is 7.14. The molecule has 0 saturated carbocycles. The van der Waals surface area contributed by atoms with Crippen molar-refractivity contribution in [3.8, 4) is 5.88 Å². The lowest BCUT2D eigenvalue weighted by molar-refractivity contribution is 0.261. The standard InChI is InChI=1S/C12H19N3O2/c1-2-7-15-8-6-14-11(12(15)16)17-9-10-4-3-5-13-10/h6,8,10,13H,2-5,7,9H2,1H3. The zero-order valence-corrected chi connectivity index (χ0v) is 10.2. The second-order valence-electron chi connectivity index (χ2n) is 4.34. The molecule has 1 saturated heterocycles. The predicted octanol–water partition coefficient (Wildman–Crippen LogP) is 0.784. The number of aryl methyl sites for hydroxylation is 1. The van der Waals surface area contributed by atoms with Crippen LogP contribution < -0.4 is 15.6 Å². The van der Waals surface area contributed by atoms with Crippen molar-refractivity contribution in [3.05, 3.63) is 22.7 Å². The van der Waals surface area contributed by atoms with Gasteiger partial charge in [0.15, 0.2) is 0 Å². The molecule has 2 heterocycles. The Kier molecular flexibility index (Phi) is 4.14. The SMILES string of the molecule is CCCn1ccnc(OCC2CCCN2)c1=O. The van der Waals surface area contributed by atoms with Crippen LogP contribution in [0.3, 0.4) is 0 Å². The molecule has 17 heavy (non-hydrogen) atoms. The Morgan fingerprint density at radius 1 is 1.65 bits per heavy atom. The number of rotatable bonds is 5. The average Bonchev–Trinajstić information content (AvgIpc) is 2.83. The molecule has 0 aliphatic carbocycles. The van der Waals surface area contributed by atoms with Crippen LogP contribution in [0.25, 0.3) is 0 Å². The Labute approximate surface area is 101 Å². The molecule has 1 aromatic heterocycles. The minimum atomic E-state index is -0.132. The van der Waals surface area contributed by atoms with Crippen molar-refractivity contribution < 1.29 is 4.74 Å². The summed E-state index contributed by atoms with van der Waals surface area (Å²) in [5.74, 6) is 0.217. The highest BCUT2D eigenvalue weighted by Gasteiger charge is 2.15. The average molecular weight is 237 g/mol. The maximum Gasteiger partial charge on any atom is 0.313 e. The number of nitrogens with zero attached hydrogens (tertiary/aromatic N) is 2. The number of ether oxygens (including phenoxy) is 1. The summed E-state index contributed by atoms with van der Waals surface area (Å²) in [5.41, 5.74) is -0.132. The fourth-order valence-electron chi connectivity index (χ4n) is 2.02. The van der Waals surface area contributed by atoms with Gasteiger partial charge in [0.2, 0.25) is 0 Å². The molecule has 1 aromatic rings. The molecule has 5 heteroatoms. The Balaban J connectivity index is 1.99. The van der Waals surface area contributed by atoms with Gasteiger partial charge in [-0.1, -0.05) is 6.92 Å². The second kappa shape index (κ2) is 5.82. The number of aromatic nitrogens is 2. The Morgan fingerprint density at radius 3 is 3.24 bits per heavy atom. The van der Waals surface area contributed by atoms with E-state index in [-0.39, 0.29) is 11.4 Å². The summed E-state index contributed by atoms with van der Waals surface area (Å²) in [6.07, 6.45) is 6.53. The van der Waals surface area contributed by atoms with Crippen LogP contribution in [0.15, 0.2) is 17.2 Å². The van der Waals surface area contributed by atoms with Gasteiger partial charge in [-0.25, -0.2) is 4.98 Å². The van der Waals surface area contributed by atoms with E-state index < -0.39 is 0 Å². The molecule has 0 amide bonds. The third kappa shape index (κ3) is 3.06. The predicted molar refractivity (Wildman–Crippen MR) is 65.3 cm³/mol. The summed E-state index contributed by atoms with van der Waals surface area (Å²) in [6, 6.07) is 0.357. The Bertz CT molecular complexity index is 410. The molecular weight excluding hydrogens is 218 g/mol. The Hall–Kier alpha value is -1.36. The molecule has 1 fully saturated rings. The minimum Gasteiger partial charge on any atom is -0.472 e. The fraction of sp³-hybridized carbons (Fsp3) is 0.667. The molecule has 0 aromatic carbocycles. The third-order valence-electron chi connectivity index (χ3n) is 2.93. The van der Waals surface area contributed by atoms with E-state index in [2.05, 4.69) is 10.3 Å². The monoisotopic (exact) mass is 237 g/mol. The van der Waals surface area contributed by atoms with Crippen molar-refractivity contribution in [2.24, 2.45) is 0 Å². The van der Waals surface area contributed by atoms with E-state index >= 15 is 0 Å². The molecule has 94 valence electrons. The van der Waals surface area contributed by atoms with Gasteiger partial charge in [-0.15, -0.1) is 0 Å². The van der Waals surface area contributed by atoms with Gasteiger partial charge < -0.3 is 14.6 Å². The first-order valence-corrected chi connectivity index (χ1v) is 6.23. The largest absolute Gasteiger partial charge is 0.472 e. The van der Waals surface area contributed by atoms with E-state index in [0.29, 0.717) is 19.2 Å². The lowest BCUT2D eigenvalue weighted by Gasteiger charge is -2.11. The third-order valence-corrected chi connectivity index (χ3v) is 2.93. The van der Waals surface area contributed by atoms with E-state index in [0.717, 1.165) is 19.4 Å². The van der Waals surface area contributed by atoms with Gasteiger partial charge in [0.25, 0.3) is 5.88 Å². The Morgan fingerprint density at radius 2 is 2.53 bits per heavy atom. The molecule has 2 rings (SSSR count). The zero-order chi connectivity index (χ0) is 12.1. The van der Waals surface area contributed by atoms with Crippen LogP contribution in [-0.4, -0.2) is 28.7 Å². The first-order valence-electron chi connectivity index (χ1n) is 6.23. The van der Waals surface area contributed by atoms with Crippen LogP contribution in [0.2, 0.25) is 0 Å². The van der Waals surface area contributed by atoms with Gasteiger partial charge in [0.1, 0.15) is 6.61 Å². The van der Waals surface area contributed by atoms with E-state index in [1.165, 1.54) is 6.42 Å². The molecule has 0 bridgehead atoms. The van der Waals surface area contributed by atoms with Gasteiger partial charge in [-0.05, 0) is 25.8 Å². The number of hydrogen-bond acceptors (Lipinski definition) is 4. The van der Waals surface area contributed by atoms with E-state index in [4.69, 9.17) is 4.74 Å². The van der Waals surface area contributed by atoms with Crippen LogP contribution in [0.4, 0.5) is 0 Å². The molecule has 0 spiro atoms. The fourth-order valence-corrected chi connectivity index (χ4v) is 2.02. The minimum absolute atomic E-state index is 0.132. The molecule has 0 radical (unpaired) electrons. The maximum absolute atomic E-state index is 11.9. The summed E-state index contributed by atoms with van der Waals surface area (Å²) in [7, 11) is 0. The van der Waals surface area contributed by atoms with Crippen LogP contribution >= 0.6 is 0 Å². The van der Waals surface area contributed by atoms with Crippen molar-refractivity contribution >= 4 is 0 Å². The highest BCUT2D eigenvalue weighted by atomic mass is 16.5. The summed E-state index contributed by atoms with van der Waals surface area (Å²) in [6.45, 7) is 4.31. The van der Waals surface area contributed by atoms with Gasteiger partial charge in [0.05, 0.1) is 0 Å². The van der Waals surface area contributed by atoms with E-state index in [1.807, 2.05) is 6.92 Å². The smallest absolute Gasteiger partial charge is 0.313 e. The number of nitrogens with one attached hydrogen (secondary N) is 1. The lowest BCUT2D eigenvalue weighted by Crippen LogP contribution is -2.31. The molecular formula is C12H19N3O2. The maximum atomic E-state index is 11.9. The highest BCUT2D eigenvalue weighted by Crippen LogP contribution is 2.06. The van der Waals surface area contributed by atoms with Crippen LogP contribution in [-0.2, 0) is 6.54 Å². The van der Waals surface area contributed by atoms with Crippen molar-refractivity contribution in [2.45, 2.75) is 38.8 Å². The molecule has 5 nitrogen and oxygen atoms in total. The molecule has 1 aliphatic rings. The summed E-state index contributed by atoms with van der Waals surface area (Å²) >= 11 is 0. The first kappa shape index (κ1) is 12.1. The highest BCUT2D eigenvalue weighted by molar-refractivity contribution is 5.04. The normalized spacial score (nSPS) is 19.5. The van der Waals surface area contributed by atoms with Gasteiger partial charge >= 0.3 is 5.56 Å². The van der Waals surface area contributed by atoms with Gasteiger partial charge in [-0.2, -0.15) is 0 Å². The van der Waals surface area contributed by atoms with Crippen molar-refractivity contribution in [2.75, 3.05) is 13.2 Å². The van der Waals surface area contributed by atoms with Gasteiger partial charge in [-0.3, -0.25) is 4.79 Å². The van der Waals surface area contributed by atoms with Crippen LogP contribution in [0, 0.1) is 0 Å². The van der Waals surface area contributed by atoms with Crippen LogP contribution in [0.1, 0.15) is 26.2 Å². The number of hydrogen-bond donors (Lipinski definition) is 1. The van der Waals surface area contributed by atoms with E-state index in [1.54, 1.807) is 17.0 Å². The molecule has 1 unspecified atom stereocenters. The molecule has 1 aliphatic heterocycles. The summed E-state index contributed by atoms with van der Waals surface area (Å²) in [5, 5.41) is 3.32. The van der Waals surface area contributed by atoms with Gasteiger partial charge in [0, 0.05) is 25.0 Å². The van der Waals surface area contributed by atoms with Crippen molar-refractivity contribution in [1.82, 2.24) is 14.9 Å². The van der Waals surface area contributed by atoms with Crippen LogP contribution in [0.5, 0.6) is 5.88 Å². The lowest BCUT2D eigenvalue weighted by atomic mass is 10.2. The second-order valence-corrected chi connectivity index (χ2v) is 4.34. The van der Waals surface area contributed by atoms with E-state index in [9.17, 15) is 4.79 Å². The topological polar surface area (TPSA) is 56.1 Å². The quantitative estimate of drug-likeness (QED) is 0.822. The zero-order valence-electron chi connectivity index (χ0n) is 10.2.